The lowest BCUT2D eigenvalue weighted by molar-refractivity contribution is 0.230. The van der Waals surface area contributed by atoms with Crippen molar-refractivity contribution in [2.75, 3.05) is 6.61 Å². The van der Waals surface area contributed by atoms with E-state index in [1.807, 2.05) is 10.9 Å². The van der Waals surface area contributed by atoms with Crippen LogP contribution in [-0.2, 0) is 6.54 Å². The van der Waals surface area contributed by atoms with Crippen molar-refractivity contribution in [3.63, 3.8) is 0 Å². The number of rotatable bonds is 3. The van der Waals surface area contributed by atoms with Crippen molar-refractivity contribution in [3.8, 4) is 17.3 Å². The molecule has 1 aliphatic rings. The fourth-order valence-electron chi connectivity index (χ4n) is 3.76. The first-order valence-corrected chi connectivity index (χ1v) is 10.3. The minimum atomic E-state index is -1.68. The van der Waals surface area contributed by atoms with Crippen molar-refractivity contribution in [1.82, 2.24) is 9.78 Å². The summed E-state index contributed by atoms with van der Waals surface area (Å²) in [5.41, 5.74) is 6.66. The van der Waals surface area contributed by atoms with Gasteiger partial charge in [0, 0.05) is 13.0 Å². The lowest BCUT2D eigenvalue weighted by Crippen LogP contribution is -2.43. The maximum atomic E-state index is 5.75. The third-order valence-electron chi connectivity index (χ3n) is 4.82. The molecule has 0 amide bonds. The molecule has 0 saturated heterocycles. The molecule has 2 heterocycles. The minimum absolute atomic E-state index is 0.650. The predicted molar refractivity (Wildman–Crippen MR) is 90.3 cm³/mol. The van der Waals surface area contributed by atoms with Crippen molar-refractivity contribution in [3.05, 3.63) is 11.8 Å². The van der Waals surface area contributed by atoms with Crippen molar-refractivity contribution in [2.24, 2.45) is 0 Å². The van der Waals surface area contributed by atoms with Gasteiger partial charge in [0.15, 0.2) is 0 Å². The van der Waals surface area contributed by atoms with Gasteiger partial charge in [0.1, 0.15) is 13.6 Å². The Bertz CT molecular complexity index is 527. The quantitative estimate of drug-likeness (QED) is 0.617. The molecule has 21 heavy (non-hydrogen) atoms. The molecule has 0 unspecified atom stereocenters. The summed E-state index contributed by atoms with van der Waals surface area (Å²) < 4.78 is 7.70. The molecular weight excluding hydrogens is 276 g/mol. The second-order valence-corrected chi connectivity index (χ2v) is 12.5. The van der Waals surface area contributed by atoms with Crippen molar-refractivity contribution in [2.45, 2.75) is 71.1 Å². The van der Waals surface area contributed by atoms with Crippen LogP contribution in [0, 0.1) is 11.5 Å². The fourth-order valence-corrected chi connectivity index (χ4v) is 8.98. The van der Waals surface area contributed by atoms with Gasteiger partial charge in [0.25, 0.3) is 0 Å². The fraction of sp³-hybridized carbons (Fsp3) is 0.706. The molecule has 0 saturated carbocycles. The Morgan fingerprint density at radius 2 is 1.76 bits per heavy atom. The molecule has 0 spiro atoms. The number of aryl methyl sites for hydroxylation is 1. The first-order valence-electron chi connectivity index (χ1n) is 8.11. The number of aromatic nitrogens is 2. The SMILES string of the molecule is CC(C)[Si](C#Cc1cnn2c1OCCC2)(C(C)C)C(C)C. The van der Waals surface area contributed by atoms with Crippen molar-refractivity contribution in [1.29, 1.82) is 0 Å². The normalized spacial score (nSPS) is 14.9. The number of ether oxygens (including phenoxy) is 1. The molecule has 2 rings (SSSR count). The highest BCUT2D eigenvalue weighted by Crippen LogP contribution is 2.40. The van der Waals surface area contributed by atoms with E-state index in [2.05, 4.69) is 58.1 Å². The Labute approximate surface area is 130 Å². The maximum absolute atomic E-state index is 5.75. The summed E-state index contributed by atoms with van der Waals surface area (Å²) in [6, 6.07) is 0. The second kappa shape index (κ2) is 6.27. The van der Waals surface area contributed by atoms with E-state index in [0.29, 0.717) is 16.6 Å². The van der Waals surface area contributed by atoms with Crippen molar-refractivity contribution >= 4 is 8.07 Å². The molecule has 0 fully saturated rings. The van der Waals surface area contributed by atoms with E-state index in [0.717, 1.165) is 31.0 Å². The smallest absolute Gasteiger partial charge is 0.227 e. The summed E-state index contributed by atoms with van der Waals surface area (Å²) >= 11 is 0. The third kappa shape index (κ3) is 2.89. The highest BCUT2D eigenvalue weighted by Gasteiger charge is 2.41. The molecule has 4 heteroatoms. The zero-order valence-corrected chi connectivity index (χ0v) is 15.2. The Morgan fingerprint density at radius 3 is 2.33 bits per heavy atom. The van der Waals surface area contributed by atoms with Gasteiger partial charge in [-0.2, -0.15) is 5.10 Å². The Morgan fingerprint density at radius 1 is 1.14 bits per heavy atom. The van der Waals surface area contributed by atoms with Crippen LogP contribution < -0.4 is 4.74 Å². The number of hydrogen-bond donors (Lipinski definition) is 0. The second-order valence-electron chi connectivity index (χ2n) is 6.94. The molecule has 0 bridgehead atoms. The summed E-state index contributed by atoms with van der Waals surface area (Å²) in [6.07, 6.45) is 2.90. The molecule has 0 N–H and O–H groups in total. The molecule has 1 aromatic heterocycles. The highest BCUT2D eigenvalue weighted by molar-refractivity contribution is 6.90. The monoisotopic (exact) mass is 304 g/mol. The number of fused-ring (bicyclic) bond motifs is 1. The van der Waals surface area contributed by atoms with Gasteiger partial charge in [0.2, 0.25) is 5.88 Å². The molecule has 0 aromatic carbocycles. The van der Waals surface area contributed by atoms with E-state index in [1.54, 1.807) is 0 Å². The zero-order valence-electron chi connectivity index (χ0n) is 14.2. The lowest BCUT2D eigenvalue weighted by Gasteiger charge is -2.38. The first kappa shape index (κ1) is 16.2. The summed E-state index contributed by atoms with van der Waals surface area (Å²) in [6.45, 7) is 15.8. The Hall–Kier alpha value is -1.21. The van der Waals surface area contributed by atoms with Crippen LogP contribution in [0.3, 0.4) is 0 Å². The van der Waals surface area contributed by atoms with Crippen LogP contribution in [0.4, 0.5) is 0 Å². The van der Waals surface area contributed by atoms with Crippen LogP contribution in [0.1, 0.15) is 53.5 Å². The van der Waals surface area contributed by atoms with E-state index in [9.17, 15) is 0 Å². The largest absolute Gasteiger partial charge is 0.477 e. The predicted octanol–water partition coefficient (Wildman–Crippen LogP) is 4.24. The molecular formula is C17H28N2OSi. The van der Waals surface area contributed by atoms with Gasteiger partial charge in [0.05, 0.1) is 12.8 Å². The topological polar surface area (TPSA) is 27.1 Å². The van der Waals surface area contributed by atoms with Gasteiger partial charge in [-0.05, 0) is 16.6 Å². The summed E-state index contributed by atoms with van der Waals surface area (Å²) in [5.74, 6) is 4.31. The molecule has 1 aliphatic heterocycles. The zero-order chi connectivity index (χ0) is 15.6. The highest BCUT2D eigenvalue weighted by atomic mass is 28.3. The van der Waals surface area contributed by atoms with E-state index in [1.165, 1.54) is 0 Å². The number of nitrogens with zero attached hydrogens (tertiary/aromatic N) is 2. The van der Waals surface area contributed by atoms with Gasteiger partial charge in [-0.3, -0.25) is 0 Å². The minimum Gasteiger partial charge on any atom is -0.477 e. The molecule has 3 nitrogen and oxygen atoms in total. The molecule has 0 radical (unpaired) electrons. The van der Waals surface area contributed by atoms with Crippen LogP contribution in [0.2, 0.25) is 16.6 Å². The van der Waals surface area contributed by atoms with Gasteiger partial charge in [-0.15, -0.1) is 5.54 Å². The van der Waals surface area contributed by atoms with Crippen LogP contribution in [0.5, 0.6) is 5.88 Å². The summed E-state index contributed by atoms with van der Waals surface area (Å²) in [4.78, 5) is 0. The van der Waals surface area contributed by atoms with Gasteiger partial charge < -0.3 is 4.74 Å². The third-order valence-corrected chi connectivity index (χ3v) is 11.1. The van der Waals surface area contributed by atoms with Crippen molar-refractivity contribution < 1.29 is 4.74 Å². The van der Waals surface area contributed by atoms with E-state index < -0.39 is 8.07 Å². The Balaban J connectivity index is 2.40. The molecule has 116 valence electrons. The summed E-state index contributed by atoms with van der Waals surface area (Å²) in [5, 5.41) is 4.40. The van der Waals surface area contributed by atoms with E-state index in [-0.39, 0.29) is 0 Å². The van der Waals surface area contributed by atoms with Gasteiger partial charge in [-0.25, -0.2) is 4.68 Å². The van der Waals surface area contributed by atoms with Crippen LogP contribution >= 0.6 is 0 Å². The average molecular weight is 305 g/mol. The maximum Gasteiger partial charge on any atom is 0.227 e. The van der Waals surface area contributed by atoms with Gasteiger partial charge >= 0.3 is 0 Å². The lowest BCUT2D eigenvalue weighted by atomic mass is 10.3. The first-order chi connectivity index (χ1) is 9.89. The molecule has 0 atom stereocenters. The molecule has 1 aromatic rings. The molecule has 0 aliphatic carbocycles. The van der Waals surface area contributed by atoms with Crippen LogP contribution in [-0.4, -0.2) is 24.5 Å². The van der Waals surface area contributed by atoms with E-state index in [4.69, 9.17) is 4.74 Å². The van der Waals surface area contributed by atoms with Crippen LogP contribution in [0.25, 0.3) is 0 Å². The average Bonchev–Trinajstić information content (AvgIpc) is 2.82. The standard InChI is InChI=1S/C17H28N2OSi/c1-13(2)21(14(3)4,15(5)6)11-8-16-12-18-19-9-7-10-20-17(16)19/h12-15H,7,9-10H2,1-6H3. The Kier molecular flexibility index (Phi) is 4.83. The number of hydrogen-bond acceptors (Lipinski definition) is 2. The summed E-state index contributed by atoms with van der Waals surface area (Å²) in [7, 11) is -1.68. The van der Waals surface area contributed by atoms with Gasteiger partial charge in [-0.1, -0.05) is 47.5 Å². The van der Waals surface area contributed by atoms with Crippen LogP contribution in [0.15, 0.2) is 6.20 Å². The van der Waals surface area contributed by atoms with E-state index >= 15 is 0 Å².